The van der Waals surface area contributed by atoms with Crippen molar-refractivity contribution in [2.45, 2.75) is 18.1 Å². The summed E-state index contributed by atoms with van der Waals surface area (Å²) in [6.45, 7) is 0.678. The summed E-state index contributed by atoms with van der Waals surface area (Å²) in [6.07, 6.45) is 1.88. The van der Waals surface area contributed by atoms with Crippen LogP contribution in [0.2, 0.25) is 0 Å². The first-order chi connectivity index (χ1) is 11.2. The van der Waals surface area contributed by atoms with Gasteiger partial charge in [0, 0.05) is 22.7 Å². The molecule has 1 aromatic carbocycles. The fraction of sp³-hybridized carbons (Fsp3) is 0.294. The molecule has 4 nitrogen and oxygen atoms in total. The predicted molar refractivity (Wildman–Crippen MR) is 94.3 cm³/mol. The average Bonchev–Trinajstić information content (AvgIpc) is 3.04. The maximum absolute atomic E-state index is 12.6. The molecule has 1 aromatic heterocycles. The number of carbonyl (C=O) groups excluding carboxylic acids is 2. The van der Waals surface area contributed by atoms with Gasteiger partial charge in [-0.1, -0.05) is 6.07 Å². The van der Waals surface area contributed by atoms with Crippen molar-refractivity contribution < 1.29 is 9.59 Å². The number of anilines is 1. The number of hydrogen-bond donors (Lipinski definition) is 2. The number of amides is 2. The summed E-state index contributed by atoms with van der Waals surface area (Å²) in [5, 5.41) is 7.71. The van der Waals surface area contributed by atoms with Gasteiger partial charge in [-0.25, -0.2) is 0 Å². The lowest BCUT2D eigenvalue weighted by molar-refractivity contribution is -0.115. The Hall–Kier alpha value is -1.79. The Bertz CT molecular complexity index is 785. The Morgan fingerprint density at radius 2 is 2.17 bits per heavy atom. The summed E-state index contributed by atoms with van der Waals surface area (Å²) in [4.78, 5) is 25.9. The molecule has 118 valence electrons. The first-order valence-electron chi connectivity index (χ1n) is 7.62. The van der Waals surface area contributed by atoms with E-state index in [1.807, 2.05) is 12.1 Å². The van der Waals surface area contributed by atoms with E-state index in [9.17, 15) is 9.59 Å². The van der Waals surface area contributed by atoms with E-state index < -0.39 is 0 Å². The minimum Gasteiger partial charge on any atom is -0.352 e. The van der Waals surface area contributed by atoms with Crippen molar-refractivity contribution in [3.63, 3.8) is 0 Å². The van der Waals surface area contributed by atoms with Gasteiger partial charge in [-0.15, -0.1) is 23.1 Å². The quantitative estimate of drug-likeness (QED) is 0.880. The highest BCUT2D eigenvalue weighted by Crippen LogP contribution is 2.40. The molecule has 3 heterocycles. The minimum atomic E-state index is -0.158. The van der Waals surface area contributed by atoms with Crippen LogP contribution in [-0.4, -0.2) is 24.1 Å². The van der Waals surface area contributed by atoms with Crippen LogP contribution in [0.1, 0.15) is 31.6 Å². The molecule has 2 N–H and O–H groups in total. The number of benzene rings is 1. The molecule has 23 heavy (non-hydrogen) atoms. The number of nitrogens with one attached hydrogen (secondary N) is 2. The Kier molecular flexibility index (Phi) is 3.87. The van der Waals surface area contributed by atoms with Crippen LogP contribution in [-0.2, 0) is 17.6 Å². The second-order valence-electron chi connectivity index (χ2n) is 5.67. The van der Waals surface area contributed by atoms with Gasteiger partial charge in [0.2, 0.25) is 5.91 Å². The topological polar surface area (TPSA) is 58.2 Å². The normalized spacial score (nSPS) is 19.5. The SMILES string of the molecule is O=C1NCCc2ccc(NC(=O)[C@@H]3SCCc4sccc43)cc21. The molecule has 0 radical (unpaired) electrons. The third-order valence-electron chi connectivity index (χ3n) is 4.22. The molecular formula is C17H16N2O2S2. The van der Waals surface area contributed by atoms with Gasteiger partial charge in [-0.3, -0.25) is 9.59 Å². The smallest absolute Gasteiger partial charge is 0.251 e. The van der Waals surface area contributed by atoms with E-state index >= 15 is 0 Å². The summed E-state index contributed by atoms with van der Waals surface area (Å²) in [6, 6.07) is 7.66. The van der Waals surface area contributed by atoms with Crippen LogP contribution < -0.4 is 10.6 Å². The average molecular weight is 344 g/mol. The fourth-order valence-electron chi connectivity index (χ4n) is 3.06. The number of fused-ring (bicyclic) bond motifs is 2. The predicted octanol–water partition coefficient (Wildman–Crippen LogP) is 3.00. The van der Waals surface area contributed by atoms with Gasteiger partial charge in [-0.2, -0.15) is 0 Å². The monoisotopic (exact) mass is 344 g/mol. The third-order valence-corrected chi connectivity index (χ3v) is 6.45. The summed E-state index contributed by atoms with van der Waals surface area (Å²) >= 11 is 3.41. The lowest BCUT2D eigenvalue weighted by Gasteiger charge is -2.22. The summed E-state index contributed by atoms with van der Waals surface area (Å²) in [5.41, 5.74) is 3.54. The lowest BCUT2D eigenvalue weighted by Crippen LogP contribution is -2.32. The number of thiophene rings is 1. The first kappa shape index (κ1) is 14.8. The van der Waals surface area contributed by atoms with Crippen LogP contribution in [0.3, 0.4) is 0 Å². The summed E-state index contributed by atoms with van der Waals surface area (Å²) in [5.74, 6) is 0.901. The number of carbonyl (C=O) groups is 2. The zero-order valence-electron chi connectivity index (χ0n) is 12.4. The van der Waals surface area contributed by atoms with Crippen molar-refractivity contribution in [2.75, 3.05) is 17.6 Å². The highest BCUT2D eigenvalue weighted by Gasteiger charge is 2.28. The fourth-order valence-corrected chi connectivity index (χ4v) is 5.35. The summed E-state index contributed by atoms with van der Waals surface area (Å²) < 4.78 is 0. The molecule has 0 unspecified atom stereocenters. The van der Waals surface area contributed by atoms with Gasteiger partial charge in [0.05, 0.1) is 0 Å². The van der Waals surface area contributed by atoms with Gasteiger partial charge < -0.3 is 10.6 Å². The molecule has 2 aliphatic heterocycles. The summed E-state index contributed by atoms with van der Waals surface area (Å²) in [7, 11) is 0. The highest BCUT2D eigenvalue weighted by molar-refractivity contribution is 8.00. The third kappa shape index (κ3) is 2.77. The van der Waals surface area contributed by atoms with E-state index in [1.165, 1.54) is 4.88 Å². The molecule has 0 fully saturated rings. The molecule has 0 bridgehead atoms. The van der Waals surface area contributed by atoms with Crippen molar-refractivity contribution >= 4 is 40.6 Å². The second kappa shape index (κ2) is 6.02. The molecule has 4 rings (SSSR count). The van der Waals surface area contributed by atoms with Crippen molar-refractivity contribution in [3.8, 4) is 0 Å². The van der Waals surface area contributed by atoms with Crippen molar-refractivity contribution in [2.24, 2.45) is 0 Å². The molecule has 2 aliphatic rings. The Labute approximate surface area is 142 Å². The van der Waals surface area contributed by atoms with Crippen LogP contribution >= 0.6 is 23.1 Å². The molecule has 6 heteroatoms. The van der Waals surface area contributed by atoms with Gasteiger partial charge in [0.25, 0.3) is 5.91 Å². The number of thioether (sulfide) groups is 1. The van der Waals surface area contributed by atoms with Crippen LogP contribution in [0.15, 0.2) is 29.6 Å². The van der Waals surface area contributed by atoms with Crippen molar-refractivity contribution in [1.82, 2.24) is 5.32 Å². The Balaban J connectivity index is 1.56. The van der Waals surface area contributed by atoms with E-state index in [-0.39, 0.29) is 17.1 Å². The molecule has 2 aromatic rings. The molecule has 0 saturated carbocycles. The minimum absolute atomic E-state index is 0.00878. The molecule has 0 spiro atoms. The lowest BCUT2D eigenvalue weighted by atomic mass is 9.99. The molecule has 2 amide bonds. The van der Waals surface area contributed by atoms with Crippen molar-refractivity contribution in [3.05, 3.63) is 51.2 Å². The zero-order chi connectivity index (χ0) is 15.8. The van der Waals surface area contributed by atoms with E-state index in [0.29, 0.717) is 17.8 Å². The van der Waals surface area contributed by atoms with Crippen LogP contribution in [0.5, 0.6) is 0 Å². The molecule has 0 saturated heterocycles. The molecular weight excluding hydrogens is 328 g/mol. The molecule has 1 atom stereocenters. The largest absolute Gasteiger partial charge is 0.352 e. The second-order valence-corrected chi connectivity index (χ2v) is 7.88. The Morgan fingerprint density at radius 3 is 3.09 bits per heavy atom. The van der Waals surface area contributed by atoms with E-state index in [2.05, 4.69) is 22.1 Å². The van der Waals surface area contributed by atoms with Crippen LogP contribution in [0.4, 0.5) is 5.69 Å². The highest BCUT2D eigenvalue weighted by atomic mass is 32.2. The van der Waals surface area contributed by atoms with E-state index in [4.69, 9.17) is 0 Å². The van der Waals surface area contributed by atoms with Gasteiger partial charge in [-0.05, 0) is 53.3 Å². The first-order valence-corrected chi connectivity index (χ1v) is 9.55. The van der Waals surface area contributed by atoms with E-state index in [0.717, 1.165) is 29.7 Å². The van der Waals surface area contributed by atoms with Crippen molar-refractivity contribution in [1.29, 1.82) is 0 Å². The maximum Gasteiger partial charge on any atom is 0.251 e. The Morgan fingerprint density at radius 1 is 1.26 bits per heavy atom. The number of hydrogen-bond acceptors (Lipinski definition) is 4. The number of rotatable bonds is 2. The van der Waals surface area contributed by atoms with Gasteiger partial charge in [0.1, 0.15) is 5.25 Å². The standard InChI is InChI=1S/C17H16N2O2S2/c20-16-13-9-11(2-1-10(13)3-6-18-16)19-17(21)15-12-4-7-22-14(12)5-8-23-15/h1-2,4,7,9,15H,3,5-6,8H2,(H,18,20)(H,19,21)/t15-/m1/s1. The maximum atomic E-state index is 12.6. The number of aryl methyl sites for hydroxylation is 1. The van der Waals surface area contributed by atoms with Gasteiger partial charge in [0.15, 0.2) is 0 Å². The van der Waals surface area contributed by atoms with Crippen LogP contribution in [0, 0.1) is 0 Å². The van der Waals surface area contributed by atoms with Gasteiger partial charge >= 0.3 is 0 Å². The van der Waals surface area contributed by atoms with Crippen LogP contribution in [0.25, 0.3) is 0 Å². The van der Waals surface area contributed by atoms with E-state index in [1.54, 1.807) is 29.2 Å². The molecule has 0 aliphatic carbocycles. The zero-order valence-corrected chi connectivity index (χ0v) is 14.1.